The van der Waals surface area contributed by atoms with Crippen LogP contribution in [0.3, 0.4) is 0 Å². The van der Waals surface area contributed by atoms with Gasteiger partial charge in [-0.25, -0.2) is 14.4 Å². The van der Waals surface area contributed by atoms with Crippen molar-refractivity contribution in [2.24, 2.45) is 11.8 Å². The molecule has 12 nitrogen and oxygen atoms in total. The third-order valence-corrected chi connectivity index (χ3v) is 5.14. The predicted molar refractivity (Wildman–Crippen MR) is 138 cm³/mol. The molecular formula is C25H46N4O8. The molecule has 0 aliphatic carbocycles. The summed E-state index contributed by atoms with van der Waals surface area (Å²) in [5.74, 6) is -1.90. The van der Waals surface area contributed by atoms with Gasteiger partial charge >= 0.3 is 18.2 Å². The van der Waals surface area contributed by atoms with Gasteiger partial charge in [0.1, 0.15) is 23.7 Å². The fraction of sp³-hybridized carbons (Fsp3) is 0.800. The highest BCUT2D eigenvalue weighted by Crippen LogP contribution is 2.11. The zero-order valence-corrected chi connectivity index (χ0v) is 23.7. The molecular weight excluding hydrogens is 484 g/mol. The molecule has 4 amide bonds. The predicted octanol–water partition coefficient (Wildman–Crippen LogP) is 2.25. The molecule has 0 aromatic carbocycles. The molecule has 0 fully saturated rings. The number of carbonyl (C=O) groups is 5. The molecule has 0 spiro atoms. The Hall–Kier alpha value is -3.05. The first-order chi connectivity index (χ1) is 17.1. The summed E-state index contributed by atoms with van der Waals surface area (Å²) in [5.41, 5.74) is -0.748. The largest absolute Gasteiger partial charge is 0.467 e. The fourth-order valence-electron chi connectivity index (χ4n) is 3.34. The second-order valence-corrected chi connectivity index (χ2v) is 10.6. The van der Waals surface area contributed by atoms with Crippen molar-refractivity contribution in [2.45, 2.75) is 97.9 Å². The molecule has 0 aliphatic heterocycles. The molecule has 12 heteroatoms. The van der Waals surface area contributed by atoms with Gasteiger partial charge in [0.2, 0.25) is 11.8 Å². The first kappa shape index (κ1) is 34.0. The van der Waals surface area contributed by atoms with E-state index in [-0.39, 0.29) is 18.3 Å². The van der Waals surface area contributed by atoms with Crippen molar-refractivity contribution >= 4 is 30.0 Å². The Morgan fingerprint density at radius 2 is 1.35 bits per heavy atom. The molecule has 0 bridgehead atoms. The van der Waals surface area contributed by atoms with Gasteiger partial charge in [0.15, 0.2) is 0 Å². The first-order valence-electron chi connectivity index (χ1n) is 12.6. The van der Waals surface area contributed by atoms with Crippen LogP contribution in [0.15, 0.2) is 0 Å². The Labute approximate surface area is 220 Å². The highest BCUT2D eigenvalue weighted by Gasteiger charge is 2.32. The van der Waals surface area contributed by atoms with Crippen molar-refractivity contribution < 1.29 is 38.2 Å². The second-order valence-electron chi connectivity index (χ2n) is 10.6. The number of carbonyl (C=O) groups excluding carboxylic acids is 5. The van der Waals surface area contributed by atoms with E-state index in [0.717, 1.165) is 0 Å². The van der Waals surface area contributed by atoms with Crippen molar-refractivity contribution in [3.63, 3.8) is 0 Å². The Kier molecular flexibility index (Phi) is 15.3. The quantitative estimate of drug-likeness (QED) is 0.151. The molecule has 0 saturated heterocycles. The standard InChI is InChI=1S/C25H46N4O8/c1-15(2)14-18(22(32)35-8)28-20(30)17(12-10-11-13-26-23(33)36-9)27-21(31)19(16(3)4)29-24(34)37-25(5,6)7/h15-19H,10-14H2,1-9H3,(H,26,33)(H,27,31)(H,28,30)(H,29,34)/t17-,18-,19-/m0/s1. The van der Waals surface area contributed by atoms with E-state index in [1.165, 1.54) is 14.2 Å². The van der Waals surface area contributed by atoms with Gasteiger partial charge in [-0.05, 0) is 58.3 Å². The lowest BCUT2D eigenvalue weighted by Gasteiger charge is -2.28. The summed E-state index contributed by atoms with van der Waals surface area (Å²) in [7, 11) is 2.50. The van der Waals surface area contributed by atoms with Gasteiger partial charge in [-0.15, -0.1) is 0 Å². The fourth-order valence-corrected chi connectivity index (χ4v) is 3.34. The summed E-state index contributed by atoms with van der Waals surface area (Å²) in [6, 6.07) is -2.83. The number of alkyl carbamates (subject to hydrolysis) is 2. The Balaban J connectivity index is 5.55. The van der Waals surface area contributed by atoms with Gasteiger partial charge in [0.25, 0.3) is 0 Å². The van der Waals surface area contributed by atoms with Crippen LogP contribution in [-0.2, 0) is 28.6 Å². The molecule has 0 aromatic heterocycles. The van der Waals surface area contributed by atoms with Gasteiger partial charge < -0.3 is 35.5 Å². The number of hydrogen-bond acceptors (Lipinski definition) is 8. The van der Waals surface area contributed by atoms with E-state index in [1.54, 1.807) is 34.6 Å². The molecule has 0 unspecified atom stereocenters. The van der Waals surface area contributed by atoms with Crippen molar-refractivity contribution in [1.82, 2.24) is 21.3 Å². The monoisotopic (exact) mass is 530 g/mol. The zero-order valence-electron chi connectivity index (χ0n) is 23.7. The van der Waals surface area contributed by atoms with E-state index in [2.05, 4.69) is 26.0 Å². The number of ether oxygens (including phenoxy) is 3. The second kappa shape index (κ2) is 16.6. The lowest BCUT2D eigenvalue weighted by Crippen LogP contribution is -2.57. The van der Waals surface area contributed by atoms with Crippen molar-refractivity contribution in [2.75, 3.05) is 20.8 Å². The molecule has 0 aromatic rings. The Morgan fingerprint density at radius 3 is 1.84 bits per heavy atom. The highest BCUT2D eigenvalue weighted by atomic mass is 16.6. The lowest BCUT2D eigenvalue weighted by molar-refractivity contribution is -0.146. The van der Waals surface area contributed by atoms with Gasteiger partial charge in [-0.2, -0.15) is 0 Å². The molecule has 3 atom stereocenters. The molecule has 0 heterocycles. The maximum Gasteiger partial charge on any atom is 0.408 e. The summed E-state index contributed by atoms with van der Waals surface area (Å²) in [6.07, 6.45) is 0.264. The van der Waals surface area contributed by atoms with E-state index >= 15 is 0 Å². The summed E-state index contributed by atoms with van der Waals surface area (Å²) in [5, 5.41) is 10.5. The first-order valence-corrected chi connectivity index (χ1v) is 12.6. The van der Waals surface area contributed by atoms with Crippen LogP contribution in [0.5, 0.6) is 0 Å². The number of rotatable bonds is 14. The van der Waals surface area contributed by atoms with E-state index in [4.69, 9.17) is 9.47 Å². The number of hydrogen-bond donors (Lipinski definition) is 4. The molecule has 214 valence electrons. The van der Waals surface area contributed by atoms with E-state index in [0.29, 0.717) is 25.8 Å². The topological polar surface area (TPSA) is 161 Å². The summed E-state index contributed by atoms with van der Waals surface area (Å²) in [6.45, 7) is 12.8. The zero-order chi connectivity index (χ0) is 28.8. The van der Waals surface area contributed by atoms with Crippen molar-refractivity contribution in [3.05, 3.63) is 0 Å². The number of nitrogens with one attached hydrogen (secondary N) is 4. The van der Waals surface area contributed by atoms with Gasteiger partial charge in [-0.1, -0.05) is 27.7 Å². The molecule has 0 saturated carbocycles. The van der Waals surface area contributed by atoms with E-state index in [9.17, 15) is 24.0 Å². The lowest BCUT2D eigenvalue weighted by atomic mass is 10.0. The van der Waals surface area contributed by atoms with Crippen LogP contribution in [0.25, 0.3) is 0 Å². The van der Waals surface area contributed by atoms with Gasteiger partial charge in [0.05, 0.1) is 14.2 Å². The minimum atomic E-state index is -0.994. The van der Waals surface area contributed by atoms with Crippen LogP contribution in [0.4, 0.5) is 9.59 Å². The Bertz CT molecular complexity index is 764. The SMILES string of the molecule is COC(=O)NCCCC[C@H](NC(=O)[C@@H](NC(=O)OC(C)(C)C)C(C)C)C(=O)N[C@@H](CC(C)C)C(=O)OC. The van der Waals surface area contributed by atoms with Crippen LogP contribution < -0.4 is 21.3 Å². The maximum absolute atomic E-state index is 13.2. The van der Waals surface area contributed by atoms with Crippen molar-refractivity contribution in [3.8, 4) is 0 Å². The third kappa shape index (κ3) is 14.9. The minimum absolute atomic E-state index is 0.102. The van der Waals surface area contributed by atoms with Crippen LogP contribution in [-0.4, -0.2) is 74.5 Å². The molecule has 0 rings (SSSR count). The van der Waals surface area contributed by atoms with E-state index in [1.807, 2.05) is 13.8 Å². The molecule has 0 aliphatic rings. The normalized spacial score (nSPS) is 13.7. The van der Waals surface area contributed by atoms with Crippen LogP contribution in [0, 0.1) is 11.8 Å². The average Bonchev–Trinajstić information content (AvgIpc) is 2.78. The number of amides is 4. The smallest absolute Gasteiger partial charge is 0.408 e. The van der Waals surface area contributed by atoms with Crippen molar-refractivity contribution in [1.29, 1.82) is 0 Å². The van der Waals surface area contributed by atoms with Crippen LogP contribution >= 0.6 is 0 Å². The van der Waals surface area contributed by atoms with Gasteiger partial charge in [0, 0.05) is 6.54 Å². The van der Waals surface area contributed by atoms with Gasteiger partial charge in [-0.3, -0.25) is 9.59 Å². The highest BCUT2D eigenvalue weighted by molar-refractivity contribution is 5.93. The van der Waals surface area contributed by atoms with Crippen LogP contribution in [0.1, 0.15) is 74.1 Å². The maximum atomic E-state index is 13.2. The number of unbranched alkanes of at least 4 members (excludes halogenated alkanes) is 1. The number of esters is 1. The molecule has 4 N–H and O–H groups in total. The minimum Gasteiger partial charge on any atom is -0.467 e. The van der Waals surface area contributed by atoms with Crippen LogP contribution in [0.2, 0.25) is 0 Å². The summed E-state index contributed by atoms with van der Waals surface area (Å²) >= 11 is 0. The molecule has 0 radical (unpaired) electrons. The third-order valence-electron chi connectivity index (χ3n) is 5.14. The molecule has 37 heavy (non-hydrogen) atoms. The Morgan fingerprint density at radius 1 is 0.757 bits per heavy atom. The average molecular weight is 531 g/mol. The number of methoxy groups -OCH3 is 2. The van der Waals surface area contributed by atoms with E-state index < -0.39 is 53.7 Å². The summed E-state index contributed by atoms with van der Waals surface area (Å²) < 4.78 is 14.6. The summed E-state index contributed by atoms with van der Waals surface area (Å²) in [4.78, 5) is 62.1.